The predicted octanol–water partition coefficient (Wildman–Crippen LogP) is 2.77. The number of rotatable bonds is 9. The van der Waals surface area contributed by atoms with Crippen molar-refractivity contribution in [3.63, 3.8) is 0 Å². The molecule has 0 spiro atoms. The van der Waals surface area contributed by atoms with E-state index >= 15 is 0 Å². The molecule has 0 unspecified atom stereocenters. The minimum Gasteiger partial charge on any atom is -0.493 e. The van der Waals surface area contributed by atoms with Crippen molar-refractivity contribution in [2.45, 2.75) is 57.9 Å². The topological polar surface area (TPSA) is 77.1 Å². The van der Waals surface area contributed by atoms with Gasteiger partial charge in [0.25, 0.3) is 5.91 Å². The van der Waals surface area contributed by atoms with Crippen molar-refractivity contribution in [1.82, 2.24) is 10.2 Å². The van der Waals surface area contributed by atoms with Gasteiger partial charge in [0, 0.05) is 25.2 Å². The number of nitrogens with zero attached hydrogens (tertiary/aromatic N) is 1. The zero-order valence-electron chi connectivity index (χ0n) is 18.9. The standard InChI is InChI=1S/C24H36N2O5/c1-19-6-7-20(2)21(16-19)30-13-8-23(28)31-17-22(27)25-18-24(9-4-3-5-10-24)26-11-14-29-15-12-26/h6-7,16H,3-5,8-15,17-18H2,1-2H3,(H,25,27). The molecule has 1 aliphatic carbocycles. The lowest BCUT2D eigenvalue weighted by Crippen LogP contribution is -2.59. The summed E-state index contributed by atoms with van der Waals surface area (Å²) in [4.78, 5) is 26.8. The smallest absolute Gasteiger partial charge is 0.309 e. The third kappa shape index (κ3) is 6.94. The Kier molecular flexibility index (Phi) is 8.72. The van der Waals surface area contributed by atoms with E-state index in [0.717, 1.165) is 56.0 Å². The van der Waals surface area contributed by atoms with E-state index in [1.165, 1.54) is 19.3 Å². The fourth-order valence-electron chi connectivity index (χ4n) is 4.49. The average Bonchev–Trinajstić information content (AvgIpc) is 2.80. The number of esters is 1. The van der Waals surface area contributed by atoms with Crippen LogP contribution in [0.5, 0.6) is 5.75 Å². The molecule has 2 aliphatic rings. The van der Waals surface area contributed by atoms with Gasteiger partial charge >= 0.3 is 5.97 Å². The number of hydrogen-bond donors (Lipinski definition) is 1. The maximum Gasteiger partial charge on any atom is 0.309 e. The summed E-state index contributed by atoms with van der Waals surface area (Å²) < 4.78 is 16.3. The Morgan fingerprint density at radius 1 is 1.13 bits per heavy atom. The highest BCUT2D eigenvalue weighted by molar-refractivity contribution is 5.80. The highest BCUT2D eigenvalue weighted by Gasteiger charge is 2.38. The Hall–Kier alpha value is -2.12. The first kappa shape index (κ1) is 23.5. The molecule has 0 atom stereocenters. The average molecular weight is 433 g/mol. The molecule has 1 aromatic carbocycles. The first-order valence-corrected chi connectivity index (χ1v) is 11.4. The van der Waals surface area contributed by atoms with Gasteiger partial charge in [-0.15, -0.1) is 0 Å². The number of ether oxygens (including phenoxy) is 3. The van der Waals surface area contributed by atoms with Gasteiger partial charge in [0.2, 0.25) is 0 Å². The number of benzene rings is 1. The van der Waals surface area contributed by atoms with Crippen LogP contribution in [0, 0.1) is 13.8 Å². The number of aryl methyl sites for hydroxylation is 2. The maximum absolute atomic E-state index is 12.3. The Morgan fingerprint density at radius 3 is 2.61 bits per heavy atom. The van der Waals surface area contributed by atoms with E-state index < -0.39 is 5.97 Å². The molecule has 1 N–H and O–H groups in total. The second-order valence-electron chi connectivity index (χ2n) is 8.69. The molecule has 0 aromatic heterocycles. The second-order valence-corrected chi connectivity index (χ2v) is 8.69. The minimum absolute atomic E-state index is 0.00120. The molecule has 3 rings (SSSR count). The molecular weight excluding hydrogens is 396 g/mol. The SMILES string of the molecule is Cc1ccc(C)c(OCCC(=O)OCC(=O)NCC2(N3CCOCC3)CCCCC2)c1. The van der Waals surface area contributed by atoms with Crippen LogP contribution in [0.4, 0.5) is 0 Å². The molecule has 0 bridgehead atoms. The molecule has 2 fully saturated rings. The minimum atomic E-state index is -0.430. The van der Waals surface area contributed by atoms with Gasteiger partial charge in [0.05, 0.1) is 26.2 Å². The molecule has 31 heavy (non-hydrogen) atoms. The van der Waals surface area contributed by atoms with Crippen LogP contribution in [-0.4, -0.2) is 68.4 Å². The van der Waals surface area contributed by atoms with Crippen molar-refractivity contribution in [2.24, 2.45) is 0 Å². The molecule has 1 aliphatic heterocycles. The van der Waals surface area contributed by atoms with Crippen molar-refractivity contribution in [2.75, 3.05) is 46.1 Å². The van der Waals surface area contributed by atoms with Crippen molar-refractivity contribution < 1.29 is 23.8 Å². The predicted molar refractivity (Wildman–Crippen MR) is 118 cm³/mol. The van der Waals surface area contributed by atoms with Gasteiger partial charge in [-0.3, -0.25) is 14.5 Å². The summed E-state index contributed by atoms with van der Waals surface area (Å²) in [6.45, 7) is 7.85. The summed E-state index contributed by atoms with van der Waals surface area (Å²) in [5, 5.41) is 3.01. The quantitative estimate of drug-likeness (QED) is 0.605. The Labute approximate surface area is 185 Å². The van der Waals surface area contributed by atoms with Gasteiger partial charge in [-0.1, -0.05) is 31.4 Å². The second kappa shape index (κ2) is 11.5. The van der Waals surface area contributed by atoms with Crippen molar-refractivity contribution >= 4 is 11.9 Å². The fourth-order valence-corrected chi connectivity index (χ4v) is 4.49. The number of amides is 1. The van der Waals surface area contributed by atoms with Crippen LogP contribution >= 0.6 is 0 Å². The number of morpholine rings is 1. The van der Waals surface area contributed by atoms with E-state index in [1.54, 1.807) is 0 Å². The Bertz CT molecular complexity index is 739. The molecular formula is C24H36N2O5. The molecule has 1 aromatic rings. The summed E-state index contributed by atoms with van der Waals surface area (Å²) in [6, 6.07) is 5.96. The number of carbonyl (C=O) groups excluding carboxylic acids is 2. The molecule has 1 amide bonds. The fraction of sp³-hybridized carbons (Fsp3) is 0.667. The van der Waals surface area contributed by atoms with Crippen LogP contribution in [-0.2, 0) is 19.1 Å². The Balaban J connectivity index is 1.38. The summed E-state index contributed by atoms with van der Waals surface area (Å²) in [5.41, 5.74) is 2.13. The molecule has 172 valence electrons. The summed E-state index contributed by atoms with van der Waals surface area (Å²) in [5.74, 6) is 0.0921. The van der Waals surface area contributed by atoms with Gasteiger partial charge < -0.3 is 19.5 Å². The van der Waals surface area contributed by atoms with E-state index in [2.05, 4.69) is 10.2 Å². The van der Waals surface area contributed by atoms with E-state index in [0.29, 0.717) is 6.54 Å². The van der Waals surface area contributed by atoms with E-state index in [9.17, 15) is 9.59 Å². The monoisotopic (exact) mass is 432 g/mol. The third-order valence-corrected chi connectivity index (χ3v) is 6.35. The Morgan fingerprint density at radius 2 is 1.87 bits per heavy atom. The van der Waals surface area contributed by atoms with Crippen molar-refractivity contribution in [3.05, 3.63) is 29.3 Å². The zero-order valence-corrected chi connectivity index (χ0v) is 18.9. The van der Waals surface area contributed by atoms with Crippen molar-refractivity contribution in [1.29, 1.82) is 0 Å². The molecule has 1 saturated heterocycles. The summed E-state index contributed by atoms with van der Waals surface area (Å²) in [6.07, 6.45) is 5.90. The number of nitrogens with one attached hydrogen (secondary N) is 1. The first-order valence-electron chi connectivity index (χ1n) is 11.4. The summed E-state index contributed by atoms with van der Waals surface area (Å²) >= 11 is 0. The molecule has 7 heteroatoms. The van der Waals surface area contributed by atoms with Crippen LogP contribution < -0.4 is 10.1 Å². The molecule has 7 nitrogen and oxygen atoms in total. The van der Waals surface area contributed by atoms with Crippen LogP contribution in [0.3, 0.4) is 0 Å². The largest absolute Gasteiger partial charge is 0.493 e. The van der Waals surface area contributed by atoms with Gasteiger partial charge in [0.1, 0.15) is 5.75 Å². The first-order chi connectivity index (χ1) is 15.0. The third-order valence-electron chi connectivity index (χ3n) is 6.35. The maximum atomic E-state index is 12.3. The molecule has 0 radical (unpaired) electrons. The number of hydrogen-bond acceptors (Lipinski definition) is 6. The summed E-state index contributed by atoms with van der Waals surface area (Å²) in [7, 11) is 0. The van der Waals surface area contributed by atoms with Gasteiger partial charge in [-0.25, -0.2) is 0 Å². The van der Waals surface area contributed by atoms with Gasteiger partial charge in [-0.05, 0) is 43.9 Å². The van der Waals surface area contributed by atoms with Gasteiger partial charge in [-0.2, -0.15) is 0 Å². The van der Waals surface area contributed by atoms with Crippen LogP contribution in [0.25, 0.3) is 0 Å². The molecule has 1 heterocycles. The highest BCUT2D eigenvalue weighted by atomic mass is 16.5. The van der Waals surface area contributed by atoms with Crippen LogP contribution in [0.1, 0.15) is 49.7 Å². The normalized spacial score (nSPS) is 18.9. The number of carbonyl (C=O) groups is 2. The lowest BCUT2D eigenvalue weighted by molar-refractivity contribution is -0.149. The zero-order chi connectivity index (χ0) is 22.1. The van der Waals surface area contributed by atoms with E-state index in [1.807, 2.05) is 32.0 Å². The van der Waals surface area contributed by atoms with Gasteiger partial charge in [0.15, 0.2) is 6.61 Å². The lowest BCUT2D eigenvalue weighted by Gasteiger charge is -2.48. The van der Waals surface area contributed by atoms with Crippen LogP contribution in [0.15, 0.2) is 18.2 Å². The highest BCUT2D eigenvalue weighted by Crippen LogP contribution is 2.33. The lowest BCUT2D eigenvalue weighted by atomic mass is 9.79. The van der Waals surface area contributed by atoms with E-state index in [4.69, 9.17) is 14.2 Å². The van der Waals surface area contributed by atoms with Crippen LogP contribution in [0.2, 0.25) is 0 Å². The van der Waals surface area contributed by atoms with Crippen molar-refractivity contribution in [3.8, 4) is 5.75 Å². The van der Waals surface area contributed by atoms with E-state index in [-0.39, 0.29) is 31.1 Å². The molecule has 1 saturated carbocycles.